The summed E-state index contributed by atoms with van der Waals surface area (Å²) in [5.74, 6) is 1.06. The summed E-state index contributed by atoms with van der Waals surface area (Å²) >= 11 is 0. The molecule has 2 bridgehead atoms. The molecule has 6 aliphatic heterocycles. The molecule has 8 rings (SSSR count). The summed E-state index contributed by atoms with van der Waals surface area (Å²) < 4.78 is 18.6. The first kappa shape index (κ1) is 22.3. The lowest BCUT2D eigenvalue weighted by Crippen LogP contribution is -2.83. The highest BCUT2D eigenvalue weighted by Gasteiger charge is 2.85. The van der Waals surface area contributed by atoms with Crippen LogP contribution in [0.2, 0.25) is 0 Å². The van der Waals surface area contributed by atoms with E-state index in [2.05, 4.69) is 31.3 Å². The van der Waals surface area contributed by atoms with Gasteiger partial charge in [0.05, 0.1) is 12.8 Å². The number of benzene rings is 1. The van der Waals surface area contributed by atoms with E-state index >= 15 is 0 Å². The zero-order valence-electron chi connectivity index (χ0n) is 21.7. The van der Waals surface area contributed by atoms with Crippen LogP contribution in [0, 0.1) is 11.3 Å². The topological polar surface area (TPSA) is 89.5 Å². The predicted molar refractivity (Wildman–Crippen MR) is 133 cm³/mol. The molecular formula is C28H33N3O5. The van der Waals surface area contributed by atoms with Gasteiger partial charge in [-0.3, -0.25) is 9.59 Å². The quantitative estimate of drug-likeness (QED) is 0.652. The summed E-state index contributed by atoms with van der Waals surface area (Å²) in [6, 6.07) is 4.05. The van der Waals surface area contributed by atoms with Gasteiger partial charge in [-0.15, -0.1) is 0 Å². The van der Waals surface area contributed by atoms with Gasteiger partial charge in [-0.05, 0) is 62.3 Å². The van der Waals surface area contributed by atoms with Crippen molar-refractivity contribution in [3.8, 4) is 5.75 Å². The molecule has 1 aliphatic carbocycles. The van der Waals surface area contributed by atoms with Crippen LogP contribution in [0.1, 0.15) is 58.1 Å². The Balaban J connectivity index is 1.51. The average molecular weight is 492 g/mol. The van der Waals surface area contributed by atoms with E-state index in [0.717, 1.165) is 29.0 Å². The number of piperidine rings is 2. The minimum Gasteiger partial charge on any atom is -0.483 e. The van der Waals surface area contributed by atoms with Crippen molar-refractivity contribution in [1.82, 2.24) is 10.2 Å². The van der Waals surface area contributed by atoms with Gasteiger partial charge in [-0.1, -0.05) is 19.9 Å². The number of fused-ring (bicyclic) bond motifs is 5. The number of hydrogen-bond acceptors (Lipinski definition) is 6. The lowest BCUT2D eigenvalue weighted by atomic mass is 9.57. The second-order valence-electron chi connectivity index (χ2n) is 12.4. The Labute approximate surface area is 211 Å². The summed E-state index contributed by atoms with van der Waals surface area (Å²) in [6.07, 6.45) is 5.57. The van der Waals surface area contributed by atoms with Crippen LogP contribution in [0.5, 0.6) is 5.75 Å². The molecule has 0 aromatic heterocycles. The second-order valence-corrected chi connectivity index (χ2v) is 12.4. The van der Waals surface area contributed by atoms with Crippen LogP contribution in [0.4, 0.5) is 5.69 Å². The molecule has 1 N–H and O–H groups in total. The molecule has 5 atom stereocenters. The van der Waals surface area contributed by atoms with Crippen LogP contribution in [0.3, 0.4) is 0 Å². The minimum atomic E-state index is -1.19. The third kappa shape index (κ3) is 2.06. The Morgan fingerprint density at radius 3 is 2.67 bits per heavy atom. The molecule has 0 radical (unpaired) electrons. The lowest BCUT2D eigenvalue weighted by molar-refractivity contribution is -0.182. The van der Waals surface area contributed by atoms with Gasteiger partial charge in [0, 0.05) is 25.1 Å². The van der Waals surface area contributed by atoms with Crippen LogP contribution in [0.25, 0.3) is 6.08 Å². The van der Waals surface area contributed by atoms with Crippen molar-refractivity contribution >= 4 is 29.5 Å². The Morgan fingerprint density at radius 2 is 1.94 bits per heavy atom. The largest absolute Gasteiger partial charge is 0.483 e. The molecule has 8 nitrogen and oxygen atoms in total. The highest BCUT2D eigenvalue weighted by atomic mass is 16.5. The van der Waals surface area contributed by atoms with Crippen molar-refractivity contribution in [2.45, 2.75) is 75.2 Å². The molecule has 6 heterocycles. The molecule has 2 amide bonds. The van der Waals surface area contributed by atoms with E-state index in [-0.39, 0.29) is 17.7 Å². The first-order chi connectivity index (χ1) is 17.0. The number of piperazine rings is 1. The molecule has 1 saturated carbocycles. The first-order valence-corrected chi connectivity index (χ1v) is 12.9. The number of ether oxygens (including phenoxy) is 3. The van der Waals surface area contributed by atoms with Crippen molar-refractivity contribution in [3.63, 3.8) is 0 Å². The van der Waals surface area contributed by atoms with E-state index < -0.39 is 33.6 Å². The number of carbonyl (C=O) groups is 2. The molecule has 190 valence electrons. The Hall–Kier alpha value is -2.87. The maximum atomic E-state index is 14.3. The zero-order chi connectivity index (χ0) is 25.5. The average Bonchev–Trinajstić information content (AvgIpc) is 3.45. The van der Waals surface area contributed by atoms with Crippen molar-refractivity contribution in [2.24, 2.45) is 16.3 Å². The molecule has 1 aromatic carbocycles. The Bertz CT molecular complexity index is 1310. The summed E-state index contributed by atoms with van der Waals surface area (Å²) in [5.41, 5.74) is -1.13. The number of nitrogens with one attached hydrogen (secondary N) is 1. The molecule has 4 saturated heterocycles. The normalized spacial score (nSPS) is 39.8. The van der Waals surface area contributed by atoms with Gasteiger partial charge in [0.15, 0.2) is 5.54 Å². The summed E-state index contributed by atoms with van der Waals surface area (Å²) in [6.45, 7) is 9.02. The molecular weight excluding hydrogens is 458 g/mol. The van der Waals surface area contributed by atoms with Crippen LogP contribution in [0.15, 0.2) is 23.2 Å². The van der Waals surface area contributed by atoms with Crippen LogP contribution in [-0.4, -0.2) is 66.2 Å². The number of methoxy groups -OCH3 is 2. The van der Waals surface area contributed by atoms with Gasteiger partial charge in [0.2, 0.25) is 11.8 Å². The van der Waals surface area contributed by atoms with Crippen molar-refractivity contribution in [2.75, 3.05) is 20.8 Å². The lowest BCUT2D eigenvalue weighted by Gasteiger charge is -2.59. The third-order valence-corrected chi connectivity index (χ3v) is 10.2. The standard InChI is InChI=1S/C28H33N3O5/c1-24(2)12-10-15-17(36-24)9-8-16-19(15)29-22(35-6)27(16)20(34-5)28-18(25(27,3)4)14-26(21(32)30-28)11-7-13-31(26)23(28)33/h8-10,12,18,20H,7,11,13-14H2,1-6H3,(H,30,32)/t18-,20-,26?,27-,28+/m0/s1. The Morgan fingerprint density at radius 1 is 1.17 bits per heavy atom. The van der Waals surface area contributed by atoms with E-state index in [0.29, 0.717) is 25.3 Å². The molecule has 5 fully saturated rings. The van der Waals surface area contributed by atoms with E-state index in [1.807, 2.05) is 30.9 Å². The highest BCUT2D eigenvalue weighted by Crippen LogP contribution is 2.71. The maximum Gasteiger partial charge on any atom is 0.252 e. The minimum absolute atomic E-state index is 0.0282. The van der Waals surface area contributed by atoms with E-state index in [1.165, 1.54) is 0 Å². The smallest absolute Gasteiger partial charge is 0.252 e. The number of nitrogens with zero attached hydrogens (tertiary/aromatic N) is 2. The van der Waals surface area contributed by atoms with Gasteiger partial charge in [-0.25, -0.2) is 4.99 Å². The Kier molecular flexibility index (Phi) is 3.93. The molecule has 8 heteroatoms. The van der Waals surface area contributed by atoms with Gasteiger partial charge in [0.25, 0.3) is 5.91 Å². The van der Waals surface area contributed by atoms with Gasteiger partial charge in [-0.2, -0.15) is 0 Å². The van der Waals surface area contributed by atoms with E-state index in [1.54, 1.807) is 14.2 Å². The fourth-order valence-corrected chi connectivity index (χ4v) is 8.80. The maximum absolute atomic E-state index is 14.3. The number of aliphatic imine (C=N–C) groups is 1. The molecule has 1 aromatic rings. The fourth-order valence-electron chi connectivity index (χ4n) is 8.80. The van der Waals surface area contributed by atoms with Crippen LogP contribution in [-0.2, 0) is 24.5 Å². The summed E-state index contributed by atoms with van der Waals surface area (Å²) in [7, 11) is 3.26. The third-order valence-electron chi connectivity index (χ3n) is 10.2. The monoisotopic (exact) mass is 491 g/mol. The van der Waals surface area contributed by atoms with Crippen LogP contribution >= 0.6 is 0 Å². The van der Waals surface area contributed by atoms with Gasteiger partial charge < -0.3 is 24.4 Å². The van der Waals surface area contributed by atoms with E-state index in [9.17, 15) is 9.59 Å². The number of amides is 2. The van der Waals surface area contributed by atoms with Crippen molar-refractivity contribution in [3.05, 3.63) is 29.3 Å². The highest BCUT2D eigenvalue weighted by molar-refractivity contribution is 6.09. The first-order valence-electron chi connectivity index (χ1n) is 12.9. The van der Waals surface area contributed by atoms with Gasteiger partial charge in [0.1, 0.15) is 28.4 Å². The van der Waals surface area contributed by atoms with Crippen molar-refractivity contribution < 1.29 is 23.8 Å². The van der Waals surface area contributed by atoms with Gasteiger partial charge >= 0.3 is 0 Å². The SMILES string of the molecule is COC1=Nc2c(ccc3c2C=CC(C)(C)O3)[C@]12[C@H](OC)[C@@]13NC(=O)C4(CCCN4C1=O)C[C@H]3C2(C)C. The number of carbonyl (C=O) groups excluding carboxylic acids is 2. The fraction of sp³-hybridized carbons (Fsp3) is 0.607. The summed E-state index contributed by atoms with van der Waals surface area (Å²) in [5, 5.41) is 3.26. The van der Waals surface area contributed by atoms with E-state index in [4.69, 9.17) is 19.2 Å². The predicted octanol–water partition coefficient (Wildman–Crippen LogP) is 3.10. The second kappa shape index (κ2) is 6.33. The number of rotatable bonds is 1. The zero-order valence-corrected chi connectivity index (χ0v) is 21.7. The number of hydrogen-bond donors (Lipinski definition) is 1. The molecule has 1 unspecified atom stereocenters. The molecule has 36 heavy (non-hydrogen) atoms. The van der Waals surface area contributed by atoms with Crippen molar-refractivity contribution in [1.29, 1.82) is 0 Å². The van der Waals surface area contributed by atoms with Crippen LogP contribution < -0.4 is 10.1 Å². The molecule has 3 spiro atoms. The summed E-state index contributed by atoms with van der Waals surface area (Å²) in [4.78, 5) is 34.9. The molecule has 7 aliphatic rings.